The van der Waals surface area contributed by atoms with Crippen LogP contribution >= 0.6 is 0 Å². The number of carbonyl (C=O) groups excluding carboxylic acids is 2. The molecule has 0 aliphatic carbocycles. The molecule has 1 aliphatic rings. The van der Waals surface area contributed by atoms with Crippen LogP contribution in [-0.4, -0.2) is 56.1 Å². The number of aryl methyl sites for hydroxylation is 1. The molecule has 0 saturated heterocycles. The first-order valence-electron chi connectivity index (χ1n) is 10.8. The molecule has 0 radical (unpaired) electrons. The van der Waals surface area contributed by atoms with Gasteiger partial charge in [0.2, 0.25) is 5.78 Å². The Labute approximate surface area is 192 Å². The van der Waals surface area contributed by atoms with Gasteiger partial charge >= 0.3 is 6.03 Å². The number of hydrogen-bond acceptors (Lipinski definition) is 5. The minimum absolute atomic E-state index is 0.220. The number of allylic oxidation sites excluding steroid dienone is 1. The second-order valence-corrected chi connectivity index (χ2v) is 8.17. The third-order valence-electron chi connectivity index (χ3n) is 5.56. The summed E-state index contributed by atoms with van der Waals surface area (Å²) in [5.41, 5.74) is 2.89. The number of carbonyl (C=O) groups is 2. The van der Waals surface area contributed by atoms with Crippen LogP contribution in [-0.2, 0) is 6.54 Å². The molecule has 3 aromatic rings. The van der Waals surface area contributed by atoms with Gasteiger partial charge < -0.3 is 29.6 Å². The maximum Gasteiger partial charge on any atom is 0.318 e. The number of amides is 2. The molecule has 8 nitrogen and oxygen atoms in total. The van der Waals surface area contributed by atoms with E-state index in [-0.39, 0.29) is 17.6 Å². The van der Waals surface area contributed by atoms with Crippen molar-refractivity contribution in [3.05, 3.63) is 59.5 Å². The molecule has 1 aliphatic heterocycles. The van der Waals surface area contributed by atoms with E-state index in [1.54, 1.807) is 31.4 Å². The summed E-state index contributed by atoms with van der Waals surface area (Å²) < 4.78 is 13.5. The van der Waals surface area contributed by atoms with Crippen molar-refractivity contribution in [3.8, 4) is 11.5 Å². The van der Waals surface area contributed by atoms with Gasteiger partial charge in [-0.2, -0.15) is 0 Å². The molecule has 0 atom stereocenters. The third kappa shape index (κ3) is 4.70. The molecule has 2 amide bonds. The van der Waals surface area contributed by atoms with Crippen LogP contribution in [0.4, 0.5) is 10.5 Å². The highest BCUT2D eigenvalue weighted by Crippen LogP contribution is 2.35. The molecular formula is C25H28N4O4. The maximum absolute atomic E-state index is 13.1. The summed E-state index contributed by atoms with van der Waals surface area (Å²) in [7, 11) is 7.29. The lowest BCUT2D eigenvalue weighted by molar-refractivity contribution is 0.101. The normalized spacial score (nSPS) is 14.0. The average molecular weight is 449 g/mol. The van der Waals surface area contributed by atoms with Crippen molar-refractivity contribution in [2.75, 3.05) is 40.1 Å². The van der Waals surface area contributed by atoms with Gasteiger partial charge in [-0.25, -0.2) is 4.79 Å². The molecule has 0 bridgehead atoms. The van der Waals surface area contributed by atoms with E-state index in [9.17, 15) is 9.59 Å². The van der Waals surface area contributed by atoms with Crippen LogP contribution in [0.1, 0.15) is 22.3 Å². The van der Waals surface area contributed by atoms with Crippen LogP contribution in [0.2, 0.25) is 0 Å². The van der Waals surface area contributed by atoms with Gasteiger partial charge in [-0.05, 0) is 69.5 Å². The molecule has 0 unspecified atom stereocenters. The number of hydrogen-bond donors (Lipinski definition) is 2. The van der Waals surface area contributed by atoms with E-state index in [0.717, 1.165) is 41.7 Å². The van der Waals surface area contributed by atoms with Crippen LogP contribution in [0.5, 0.6) is 11.5 Å². The number of ketones is 1. The van der Waals surface area contributed by atoms with Crippen molar-refractivity contribution in [1.82, 2.24) is 14.8 Å². The van der Waals surface area contributed by atoms with Gasteiger partial charge in [0.1, 0.15) is 11.5 Å². The van der Waals surface area contributed by atoms with Gasteiger partial charge in [-0.15, -0.1) is 0 Å². The van der Waals surface area contributed by atoms with Crippen LogP contribution < -0.4 is 20.1 Å². The summed E-state index contributed by atoms with van der Waals surface area (Å²) in [6.45, 7) is 1.84. The first-order chi connectivity index (χ1) is 15.9. The average Bonchev–Trinajstić information content (AvgIpc) is 3.30. The molecule has 8 heteroatoms. The maximum atomic E-state index is 13.1. The highest BCUT2D eigenvalue weighted by molar-refractivity contribution is 6.15. The highest BCUT2D eigenvalue weighted by atomic mass is 16.5. The van der Waals surface area contributed by atoms with E-state index in [1.165, 1.54) is 7.05 Å². The van der Waals surface area contributed by atoms with Crippen molar-refractivity contribution in [3.63, 3.8) is 0 Å². The zero-order chi connectivity index (χ0) is 23.5. The van der Waals surface area contributed by atoms with Crippen LogP contribution in [0.3, 0.4) is 0 Å². The highest BCUT2D eigenvalue weighted by Gasteiger charge is 2.28. The second-order valence-electron chi connectivity index (χ2n) is 8.17. The van der Waals surface area contributed by atoms with Crippen molar-refractivity contribution in [2.24, 2.45) is 0 Å². The Morgan fingerprint density at radius 2 is 2.03 bits per heavy atom. The fraction of sp³-hybridized carbons (Fsp3) is 0.280. The lowest BCUT2D eigenvalue weighted by Gasteiger charge is -2.10. The van der Waals surface area contributed by atoms with Crippen LogP contribution in [0.15, 0.2) is 48.4 Å². The predicted molar refractivity (Wildman–Crippen MR) is 129 cm³/mol. The predicted octanol–water partition coefficient (Wildman–Crippen LogP) is 3.97. The van der Waals surface area contributed by atoms with E-state index in [0.29, 0.717) is 17.0 Å². The number of methoxy groups -OCH3 is 1. The summed E-state index contributed by atoms with van der Waals surface area (Å²) in [5.74, 6) is 1.25. The fourth-order valence-corrected chi connectivity index (χ4v) is 3.89. The van der Waals surface area contributed by atoms with Gasteiger partial charge in [-0.1, -0.05) is 0 Å². The zero-order valence-corrected chi connectivity index (χ0v) is 19.3. The quantitative estimate of drug-likeness (QED) is 0.535. The van der Waals surface area contributed by atoms with Crippen molar-refractivity contribution in [2.45, 2.75) is 13.0 Å². The number of nitrogens with one attached hydrogen (secondary N) is 2. The number of anilines is 1. The Kier molecular flexibility index (Phi) is 6.37. The SMILES string of the molecule is CNC(=O)Nc1ccc2c(c1)C(=O)C(=Cc1cn(CCCN(C)C)c3ccc(OC)cc13)O2. The minimum Gasteiger partial charge on any atom is -0.497 e. The van der Waals surface area contributed by atoms with Gasteiger partial charge in [0.15, 0.2) is 5.76 Å². The largest absolute Gasteiger partial charge is 0.497 e. The Balaban J connectivity index is 1.67. The standard InChI is InChI=1S/C25H28N4O4/c1-26-25(31)27-17-6-9-22-20(13-17)24(30)23(33-22)12-16-15-29(11-5-10-28(2)3)21-8-7-18(32-4)14-19(16)21/h6-9,12-15H,5,10-11H2,1-4H3,(H2,26,27,31). The number of ether oxygens (including phenoxy) is 2. The number of benzene rings is 2. The Morgan fingerprint density at radius 3 is 2.76 bits per heavy atom. The van der Waals surface area contributed by atoms with E-state index in [4.69, 9.17) is 9.47 Å². The molecule has 0 fully saturated rings. The lowest BCUT2D eigenvalue weighted by atomic mass is 10.1. The number of Topliss-reactive ketones (excluding diaryl/α,β-unsaturated/α-hetero) is 1. The molecule has 4 rings (SSSR count). The van der Waals surface area contributed by atoms with Gasteiger partial charge in [-0.3, -0.25) is 4.79 Å². The van der Waals surface area contributed by atoms with Crippen molar-refractivity contribution < 1.29 is 19.1 Å². The minimum atomic E-state index is -0.354. The number of aromatic nitrogens is 1. The molecule has 172 valence electrons. The smallest absolute Gasteiger partial charge is 0.318 e. The number of fused-ring (bicyclic) bond motifs is 2. The summed E-state index contributed by atoms with van der Waals surface area (Å²) in [6.07, 6.45) is 4.82. The fourth-order valence-electron chi connectivity index (χ4n) is 3.89. The first-order valence-corrected chi connectivity index (χ1v) is 10.8. The zero-order valence-electron chi connectivity index (χ0n) is 19.3. The Hall–Kier alpha value is -3.78. The van der Waals surface area contributed by atoms with E-state index in [1.807, 2.05) is 24.4 Å². The summed E-state index contributed by atoms with van der Waals surface area (Å²) in [6, 6.07) is 10.6. The molecular weight excluding hydrogens is 420 g/mol. The topological polar surface area (TPSA) is 84.8 Å². The summed E-state index contributed by atoms with van der Waals surface area (Å²) in [5, 5.41) is 6.15. The van der Waals surface area contributed by atoms with Gasteiger partial charge in [0.05, 0.1) is 12.7 Å². The molecule has 0 spiro atoms. The third-order valence-corrected chi connectivity index (χ3v) is 5.56. The van der Waals surface area contributed by atoms with Crippen LogP contribution in [0, 0.1) is 0 Å². The summed E-state index contributed by atoms with van der Waals surface area (Å²) >= 11 is 0. The van der Waals surface area contributed by atoms with Gasteiger partial charge in [0.25, 0.3) is 0 Å². The van der Waals surface area contributed by atoms with E-state index < -0.39 is 0 Å². The molecule has 2 aromatic carbocycles. The molecule has 33 heavy (non-hydrogen) atoms. The van der Waals surface area contributed by atoms with E-state index in [2.05, 4.69) is 34.2 Å². The molecule has 0 saturated carbocycles. The number of urea groups is 1. The first kappa shape index (κ1) is 22.4. The summed E-state index contributed by atoms with van der Waals surface area (Å²) in [4.78, 5) is 26.8. The van der Waals surface area contributed by atoms with E-state index >= 15 is 0 Å². The Morgan fingerprint density at radius 1 is 1.21 bits per heavy atom. The van der Waals surface area contributed by atoms with Crippen molar-refractivity contribution >= 4 is 34.5 Å². The number of rotatable bonds is 7. The van der Waals surface area contributed by atoms with Crippen molar-refractivity contribution in [1.29, 1.82) is 0 Å². The number of nitrogens with zero attached hydrogens (tertiary/aromatic N) is 2. The second kappa shape index (κ2) is 9.38. The molecule has 2 heterocycles. The molecule has 2 N–H and O–H groups in total. The van der Waals surface area contributed by atoms with Gasteiger partial charge in [0, 0.05) is 41.9 Å². The van der Waals surface area contributed by atoms with Crippen LogP contribution in [0.25, 0.3) is 17.0 Å². The molecule has 1 aromatic heterocycles. The Bertz CT molecular complexity index is 1240. The lowest BCUT2D eigenvalue weighted by Crippen LogP contribution is -2.24. The monoisotopic (exact) mass is 448 g/mol.